The standard InChI is InChI=1S/C10H9Br2N3/c1-7-2-4-8(5-3-7)6-15-13-9(11)10(12)14-15/h2-5H,6H2,1H3. The molecule has 0 saturated carbocycles. The van der Waals surface area contributed by atoms with Crippen molar-refractivity contribution in [1.29, 1.82) is 0 Å². The zero-order chi connectivity index (χ0) is 10.8. The molecule has 0 atom stereocenters. The molecule has 0 N–H and O–H groups in total. The quantitative estimate of drug-likeness (QED) is 0.846. The van der Waals surface area contributed by atoms with Crippen LogP contribution in [0.2, 0.25) is 0 Å². The van der Waals surface area contributed by atoms with E-state index in [1.165, 1.54) is 11.1 Å². The molecule has 1 heterocycles. The predicted molar refractivity (Wildman–Crippen MR) is 65.7 cm³/mol. The number of halogens is 2. The first kappa shape index (κ1) is 10.8. The maximum Gasteiger partial charge on any atom is 0.162 e. The summed E-state index contributed by atoms with van der Waals surface area (Å²) >= 11 is 6.60. The molecule has 0 aliphatic rings. The highest BCUT2D eigenvalue weighted by Gasteiger charge is 2.04. The molecule has 0 unspecified atom stereocenters. The first-order chi connectivity index (χ1) is 7.15. The number of benzene rings is 1. The molecule has 0 bridgehead atoms. The highest BCUT2D eigenvalue weighted by atomic mass is 79.9. The number of aryl methyl sites for hydroxylation is 1. The SMILES string of the molecule is Cc1ccc(Cn2nc(Br)c(Br)n2)cc1. The average Bonchev–Trinajstić information content (AvgIpc) is 2.50. The van der Waals surface area contributed by atoms with Crippen molar-refractivity contribution in [3.05, 3.63) is 44.6 Å². The van der Waals surface area contributed by atoms with Gasteiger partial charge >= 0.3 is 0 Å². The molecular formula is C10H9Br2N3. The number of rotatable bonds is 2. The van der Waals surface area contributed by atoms with Gasteiger partial charge in [0.25, 0.3) is 0 Å². The largest absolute Gasteiger partial charge is 0.178 e. The minimum atomic E-state index is 0.685. The highest BCUT2D eigenvalue weighted by molar-refractivity contribution is 9.13. The zero-order valence-electron chi connectivity index (χ0n) is 8.11. The van der Waals surface area contributed by atoms with Crippen molar-refractivity contribution >= 4 is 31.9 Å². The Kier molecular flexibility index (Phi) is 3.21. The van der Waals surface area contributed by atoms with Crippen LogP contribution in [0.15, 0.2) is 33.5 Å². The van der Waals surface area contributed by atoms with Crippen LogP contribution in [0.5, 0.6) is 0 Å². The molecule has 0 radical (unpaired) electrons. The second-order valence-electron chi connectivity index (χ2n) is 3.30. The Labute approximate surface area is 105 Å². The second-order valence-corrected chi connectivity index (χ2v) is 4.80. The normalized spacial score (nSPS) is 10.6. The minimum absolute atomic E-state index is 0.685. The number of hydrogen-bond acceptors (Lipinski definition) is 2. The van der Waals surface area contributed by atoms with Crippen LogP contribution in [0.3, 0.4) is 0 Å². The molecule has 15 heavy (non-hydrogen) atoms. The van der Waals surface area contributed by atoms with E-state index in [9.17, 15) is 0 Å². The van der Waals surface area contributed by atoms with E-state index in [0.717, 1.165) is 9.21 Å². The van der Waals surface area contributed by atoms with Gasteiger partial charge in [0.1, 0.15) is 0 Å². The summed E-state index contributed by atoms with van der Waals surface area (Å²) < 4.78 is 1.46. The van der Waals surface area contributed by atoms with E-state index in [1.54, 1.807) is 4.80 Å². The van der Waals surface area contributed by atoms with Crippen molar-refractivity contribution in [2.24, 2.45) is 0 Å². The van der Waals surface area contributed by atoms with E-state index in [1.807, 2.05) is 0 Å². The summed E-state index contributed by atoms with van der Waals surface area (Å²) in [6, 6.07) is 8.34. The van der Waals surface area contributed by atoms with Gasteiger partial charge in [0.05, 0.1) is 6.54 Å². The van der Waals surface area contributed by atoms with Gasteiger partial charge in [0.15, 0.2) is 9.21 Å². The van der Waals surface area contributed by atoms with Crippen molar-refractivity contribution < 1.29 is 0 Å². The van der Waals surface area contributed by atoms with Gasteiger partial charge in [-0.15, -0.1) is 10.2 Å². The summed E-state index contributed by atoms with van der Waals surface area (Å²) in [4.78, 5) is 1.65. The van der Waals surface area contributed by atoms with E-state index < -0.39 is 0 Å². The van der Waals surface area contributed by atoms with Crippen LogP contribution in [0.25, 0.3) is 0 Å². The van der Waals surface area contributed by atoms with E-state index in [4.69, 9.17) is 0 Å². The van der Waals surface area contributed by atoms with Crippen LogP contribution in [-0.2, 0) is 6.54 Å². The summed E-state index contributed by atoms with van der Waals surface area (Å²) in [6.07, 6.45) is 0. The summed E-state index contributed by atoms with van der Waals surface area (Å²) in [5, 5.41) is 8.41. The summed E-state index contributed by atoms with van der Waals surface area (Å²) in [6.45, 7) is 2.76. The number of nitrogens with zero attached hydrogens (tertiary/aromatic N) is 3. The fraction of sp³-hybridized carbons (Fsp3) is 0.200. The molecule has 1 aromatic heterocycles. The minimum Gasteiger partial charge on any atom is -0.178 e. The second kappa shape index (κ2) is 4.45. The Balaban J connectivity index is 2.18. The molecule has 78 valence electrons. The summed E-state index contributed by atoms with van der Waals surface area (Å²) in [5.74, 6) is 0. The van der Waals surface area contributed by atoms with Crippen LogP contribution in [0.1, 0.15) is 11.1 Å². The molecular weight excluding hydrogens is 322 g/mol. The molecule has 2 aromatic rings. The van der Waals surface area contributed by atoms with Crippen LogP contribution in [0, 0.1) is 6.92 Å². The Morgan fingerprint density at radius 2 is 1.60 bits per heavy atom. The van der Waals surface area contributed by atoms with Crippen LogP contribution >= 0.6 is 31.9 Å². The smallest absolute Gasteiger partial charge is 0.162 e. The highest BCUT2D eigenvalue weighted by Crippen LogP contribution is 2.17. The lowest BCUT2D eigenvalue weighted by Gasteiger charge is -2.00. The molecule has 0 aliphatic heterocycles. The lowest BCUT2D eigenvalue weighted by molar-refractivity contribution is 0.586. The van der Waals surface area contributed by atoms with Crippen molar-refractivity contribution in [2.75, 3.05) is 0 Å². The number of aromatic nitrogens is 3. The van der Waals surface area contributed by atoms with Gasteiger partial charge in [0.2, 0.25) is 0 Å². The average molecular weight is 331 g/mol. The first-order valence-electron chi connectivity index (χ1n) is 4.47. The van der Waals surface area contributed by atoms with Gasteiger partial charge < -0.3 is 0 Å². The lowest BCUT2D eigenvalue weighted by Crippen LogP contribution is -2.03. The van der Waals surface area contributed by atoms with Gasteiger partial charge in [-0.25, -0.2) is 0 Å². The van der Waals surface area contributed by atoms with Gasteiger partial charge in [-0.2, -0.15) is 4.80 Å². The molecule has 0 spiro atoms. The van der Waals surface area contributed by atoms with Crippen molar-refractivity contribution in [1.82, 2.24) is 15.0 Å². The fourth-order valence-electron chi connectivity index (χ4n) is 1.24. The van der Waals surface area contributed by atoms with Crippen LogP contribution in [0.4, 0.5) is 0 Å². The molecule has 5 heteroatoms. The van der Waals surface area contributed by atoms with E-state index >= 15 is 0 Å². The van der Waals surface area contributed by atoms with Crippen molar-refractivity contribution in [2.45, 2.75) is 13.5 Å². The molecule has 0 amide bonds. The molecule has 0 saturated heterocycles. The Bertz CT molecular complexity index is 443. The van der Waals surface area contributed by atoms with Crippen LogP contribution in [-0.4, -0.2) is 15.0 Å². The van der Waals surface area contributed by atoms with Gasteiger partial charge in [-0.3, -0.25) is 0 Å². The van der Waals surface area contributed by atoms with E-state index in [-0.39, 0.29) is 0 Å². The van der Waals surface area contributed by atoms with Crippen molar-refractivity contribution in [3.8, 4) is 0 Å². The van der Waals surface area contributed by atoms with Crippen molar-refractivity contribution in [3.63, 3.8) is 0 Å². The molecule has 0 aliphatic carbocycles. The summed E-state index contributed by atoms with van der Waals surface area (Å²) in [5.41, 5.74) is 2.45. The van der Waals surface area contributed by atoms with Gasteiger partial charge in [0, 0.05) is 0 Å². The third-order valence-corrected chi connectivity index (χ3v) is 3.62. The Morgan fingerprint density at radius 3 is 2.13 bits per heavy atom. The van der Waals surface area contributed by atoms with Gasteiger partial charge in [-0.05, 0) is 44.3 Å². The Morgan fingerprint density at radius 1 is 1.07 bits per heavy atom. The topological polar surface area (TPSA) is 30.7 Å². The molecule has 1 aromatic carbocycles. The van der Waals surface area contributed by atoms with Crippen LogP contribution < -0.4 is 0 Å². The first-order valence-corrected chi connectivity index (χ1v) is 6.05. The Hall–Kier alpha value is -0.680. The molecule has 0 fully saturated rings. The molecule has 2 rings (SSSR count). The molecule has 3 nitrogen and oxygen atoms in total. The number of hydrogen-bond donors (Lipinski definition) is 0. The monoisotopic (exact) mass is 329 g/mol. The fourth-order valence-corrected chi connectivity index (χ4v) is 1.76. The maximum absolute atomic E-state index is 4.20. The predicted octanol–water partition coefficient (Wildman–Crippen LogP) is 3.16. The van der Waals surface area contributed by atoms with E-state index in [2.05, 4.69) is 73.2 Å². The zero-order valence-corrected chi connectivity index (χ0v) is 11.3. The summed E-state index contributed by atoms with van der Waals surface area (Å²) in [7, 11) is 0. The third kappa shape index (κ3) is 2.66. The third-order valence-electron chi connectivity index (χ3n) is 2.02. The van der Waals surface area contributed by atoms with E-state index in [0.29, 0.717) is 6.54 Å². The van der Waals surface area contributed by atoms with Gasteiger partial charge in [-0.1, -0.05) is 29.8 Å². The lowest BCUT2D eigenvalue weighted by atomic mass is 10.1. The maximum atomic E-state index is 4.20.